The van der Waals surface area contributed by atoms with Gasteiger partial charge in [0.25, 0.3) is 0 Å². The van der Waals surface area contributed by atoms with Crippen molar-refractivity contribution in [1.29, 1.82) is 0 Å². The van der Waals surface area contributed by atoms with Gasteiger partial charge in [0.2, 0.25) is 0 Å². The van der Waals surface area contributed by atoms with Crippen molar-refractivity contribution < 1.29 is 9.84 Å². The summed E-state index contributed by atoms with van der Waals surface area (Å²) in [6, 6.07) is 0.0694. The normalized spacial score (nSPS) is 41.6. The van der Waals surface area contributed by atoms with Crippen LogP contribution in [0.3, 0.4) is 0 Å². The minimum Gasteiger partial charge on any atom is -0.391 e. The summed E-state index contributed by atoms with van der Waals surface area (Å²) in [5, 5.41) is 15.5. The van der Waals surface area contributed by atoms with Gasteiger partial charge in [-0.3, -0.25) is 5.01 Å². The van der Waals surface area contributed by atoms with Crippen molar-refractivity contribution in [2.75, 3.05) is 13.7 Å². The smallest absolute Gasteiger partial charge is 0.118 e. The van der Waals surface area contributed by atoms with Gasteiger partial charge in [0.15, 0.2) is 0 Å². The average molecular weight is 156 g/mol. The van der Waals surface area contributed by atoms with Gasteiger partial charge >= 0.3 is 0 Å². The minimum absolute atomic E-state index is 0.0208. The number of methoxy groups -OCH3 is 1. The van der Waals surface area contributed by atoms with Crippen LogP contribution in [-0.4, -0.2) is 48.2 Å². The monoisotopic (exact) mass is 156 g/mol. The molecule has 0 saturated carbocycles. The number of ether oxygens (including phenoxy) is 1. The largest absolute Gasteiger partial charge is 0.391 e. The quantitative estimate of drug-likeness (QED) is 0.553. The number of nitrogens with zero attached hydrogens (tertiary/aromatic N) is 2. The molecule has 62 valence electrons. The SMILES string of the molecule is CO[C@@H]1C=NN2CC[C@@H](O)[C@@H]12. The maximum Gasteiger partial charge on any atom is 0.118 e. The summed E-state index contributed by atoms with van der Waals surface area (Å²) >= 11 is 0. The van der Waals surface area contributed by atoms with Crippen LogP contribution in [0, 0.1) is 0 Å². The van der Waals surface area contributed by atoms with E-state index in [9.17, 15) is 5.11 Å². The van der Waals surface area contributed by atoms with Crippen molar-refractivity contribution in [3.05, 3.63) is 0 Å². The van der Waals surface area contributed by atoms with Gasteiger partial charge in [-0.1, -0.05) is 0 Å². The fourth-order valence-electron chi connectivity index (χ4n) is 1.75. The molecule has 1 fully saturated rings. The number of aliphatic hydroxyl groups excluding tert-OH is 1. The van der Waals surface area contributed by atoms with Crippen LogP contribution in [0.5, 0.6) is 0 Å². The summed E-state index contributed by atoms with van der Waals surface area (Å²) in [4.78, 5) is 0. The second-order valence-electron chi connectivity index (χ2n) is 2.97. The lowest BCUT2D eigenvalue weighted by Gasteiger charge is -2.20. The molecule has 0 aromatic carbocycles. The van der Waals surface area contributed by atoms with Gasteiger partial charge in [0.05, 0.1) is 12.3 Å². The lowest BCUT2D eigenvalue weighted by Crippen LogP contribution is -2.38. The molecule has 1 N–H and O–H groups in total. The highest BCUT2D eigenvalue weighted by Gasteiger charge is 2.41. The Morgan fingerprint density at radius 2 is 2.55 bits per heavy atom. The summed E-state index contributed by atoms with van der Waals surface area (Å²) in [5.74, 6) is 0. The standard InChI is InChI=1S/C7H12N2O2/c1-11-6-4-8-9-3-2-5(10)7(6)9/h4-7,10H,2-3H2,1H3/t5-,6-,7+/m1/s1. The van der Waals surface area contributed by atoms with E-state index in [4.69, 9.17) is 4.74 Å². The van der Waals surface area contributed by atoms with Crippen molar-refractivity contribution >= 4 is 6.21 Å². The van der Waals surface area contributed by atoms with E-state index in [1.165, 1.54) is 0 Å². The van der Waals surface area contributed by atoms with Crippen LogP contribution in [0.4, 0.5) is 0 Å². The maximum atomic E-state index is 9.50. The van der Waals surface area contributed by atoms with E-state index in [2.05, 4.69) is 5.10 Å². The highest BCUT2D eigenvalue weighted by atomic mass is 16.5. The van der Waals surface area contributed by atoms with Crippen LogP contribution in [0.2, 0.25) is 0 Å². The van der Waals surface area contributed by atoms with Gasteiger partial charge < -0.3 is 9.84 Å². The van der Waals surface area contributed by atoms with E-state index in [-0.39, 0.29) is 18.2 Å². The molecule has 0 unspecified atom stereocenters. The Morgan fingerprint density at radius 1 is 1.73 bits per heavy atom. The fraction of sp³-hybridized carbons (Fsp3) is 0.857. The molecule has 1 saturated heterocycles. The van der Waals surface area contributed by atoms with Gasteiger partial charge in [0, 0.05) is 13.7 Å². The van der Waals surface area contributed by atoms with Gasteiger partial charge in [-0.25, -0.2) is 0 Å². The van der Waals surface area contributed by atoms with Crippen molar-refractivity contribution in [2.24, 2.45) is 5.10 Å². The van der Waals surface area contributed by atoms with Gasteiger partial charge in [-0.15, -0.1) is 0 Å². The third-order valence-corrected chi connectivity index (χ3v) is 2.36. The zero-order chi connectivity index (χ0) is 7.84. The molecule has 11 heavy (non-hydrogen) atoms. The number of rotatable bonds is 1. The van der Waals surface area contributed by atoms with Crippen molar-refractivity contribution in [3.63, 3.8) is 0 Å². The first kappa shape index (κ1) is 7.06. The first-order chi connectivity index (χ1) is 5.33. The molecule has 0 aromatic rings. The van der Waals surface area contributed by atoms with Crippen LogP contribution in [0.25, 0.3) is 0 Å². The molecule has 0 spiro atoms. The molecule has 0 radical (unpaired) electrons. The molecule has 3 atom stereocenters. The molecular weight excluding hydrogens is 144 g/mol. The predicted molar refractivity (Wildman–Crippen MR) is 40.4 cm³/mol. The van der Waals surface area contributed by atoms with Crippen molar-refractivity contribution in [2.45, 2.75) is 24.7 Å². The van der Waals surface area contributed by atoms with E-state index >= 15 is 0 Å². The summed E-state index contributed by atoms with van der Waals surface area (Å²) in [6.45, 7) is 0.849. The fourth-order valence-corrected chi connectivity index (χ4v) is 1.75. The second kappa shape index (κ2) is 2.46. The number of hydrogen-bond donors (Lipinski definition) is 1. The molecule has 2 heterocycles. The van der Waals surface area contributed by atoms with Gasteiger partial charge in [-0.05, 0) is 6.42 Å². The van der Waals surface area contributed by atoms with Crippen LogP contribution in [0.15, 0.2) is 5.10 Å². The number of aliphatic hydroxyl groups is 1. The van der Waals surface area contributed by atoms with Crippen LogP contribution in [-0.2, 0) is 4.74 Å². The Labute approximate surface area is 65.5 Å². The second-order valence-corrected chi connectivity index (χ2v) is 2.97. The van der Waals surface area contributed by atoms with Gasteiger partial charge in [-0.2, -0.15) is 5.10 Å². The zero-order valence-corrected chi connectivity index (χ0v) is 6.47. The predicted octanol–water partition coefficient (Wildman–Crippen LogP) is -0.564. The highest BCUT2D eigenvalue weighted by Crippen LogP contribution is 2.25. The molecule has 0 bridgehead atoms. The zero-order valence-electron chi connectivity index (χ0n) is 6.47. The lowest BCUT2D eigenvalue weighted by molar-refractivity contribution is 0.0404. The molecule has 4 heteroatoms. The molecule has 0 amide bonds. The van der Waals surface area contributed by atoms with E-state index in [1.54, 1.807) is 13.3 Å². The Morgan fingerprint density at radius 3 is 3.27 bits per heavy atom. The summed E-state index contributed by atoms with van der Waals surface area (Å²) in [7, 11) is 1.64. The number of hydrogen-bond acceptors (Lipinski definition) is 4. The average Bonchev–Trinajstić information content (AvgIpc) is 2.54. The molecule has 0 aromatic heterocycles. The molecule has 2 rings (SSSR count). The molecular formula is C7H12N2O2. The number of fused-ring (bicyclic) bond motifs is 1. The van der Waals surface area contributed by atoms with Crippen LogP contribution >= 0.6 is 0 Å². The molecule has 2 aliphatic rings. The molecule has 4 nitrogen and oxygen atoms in total. The summed E-state index contributed by atoms with van der Waals surface area (Å²) in [5.41, 5.74) is 0. The van der Waals surface area contributed by atoms with Gasteiger partial charge in [0.1, 0.15) is 12.1 Å². The molecule has 2 aliphatic heterocycles. The van der Waals surface area contributed by atoms with E-state index in [0.717, 1.165) is 13.0 Å². The van der Waals surface area contributed by atoms with Crippen LogP contribution in [0.1, 0.15) is 6.42 Å². The topological polar surface area (TPSA) is 45.1 Å². The first-order valence-corrected chi connectivity index (χ1v) is 3.84. The van der Waals surface area contributed by atoms with Crippen molar-refractivity contribution in [1.82, 2.24) is 5.01 Å². The summed E-state index contributed by atoms with van der Waals surface area (Å²) in [6.07, 6.45) is 2.27. The minimum atomic E-state index is -0.276. The van der Waals surface area contributed by atoms with E-state index < -0.39 is 0 Å². The molecule has 0 aliphatic carbocycles. The third-order valence-electron chi connectivity index (χ3n) is 2.36. The van der Waals surface area contributed by atoms with E-state index in [0.29, 0.717) is 0 Å². The first-order valence-electron chi connectivity index (χ1n) is 3.84. The number of hydrazone groups is 1. The third kappa shape index (κ3) is 0.937. The Balaban J connectivity index is 2.12. The Kier molecular flexibility index (Phi) is 1.58. The maximum absolute atomic E-state index is 9.50. The highest BCUT2D eigenvalue weighted by molar-refractivity contribution is 5.66. The Bertz CT molecular complexity index is 183. The lowest BCUT2D eigenvalue weighted by atomic mass is 10.1. The summed E-state index contributed by atoms with van der Waals surface area (Å²) < 4.78 is 5.14. The van der Waals surface area contributed by atoms with Crippen LogP contribution < -0.4 is 0 Å². The Hall–Kier alpha value is -0.610. The van der Waals surface area contributed by atoms with Crippen molar-refractivity contribution in [3.8, 4) is 0 Å². The van der Waals surface area contributed by atoms with E-state index in [1.807, 2.05) is 5.01 Å².